The second-order valence-corrected chi connectivity index (χ2v) is 7.14. The predicted molar refractivity (Wildman–Crippen MR) is 104 cm³/mol. The fourth-order valence-electron chi connectivity index (χ4n) is 3.57. The molecule has 5 nitrogen and oxygen atoms in total. The van der Waals surface area contributed by atoms with Crippen LogP contribution in [-0.4, -0.2) is 51.8 Å². The van der Waals surface area contributed by atoms with Crippen molar-refractivity contribution in [2.24, 2.45) is 16.8 Å². The van der Waals surface area contributed by atoms with Crippen LogP contribution in [0.3, 0.4) is 0 Å². The lowest BCUT2D eigenvalue weighted by Gasteiger charge is -2.22. The van der Waals surface area contributed by atoms with Crippen LogP contribution in [0, 0.1) is 11.8 Å². The molecule has 1 aliphatic rings. The number of hydrogen-bond donors (Lipinski definition) is 1. The lowest BCUT2D eigenvalue weighted by atomic mass is 9.97. The van der Waals surface area contributed by atoms with E-state index >= 15 is 0 Å². The highest BCUT2D eigenvalue weighted by molar-refractivity contribution is 5.80. The highest BCUT2D eigenvalue weighted by Gasteiger charge is 2.25. The number of aliphatic imine (C=N–C) groups is 1. The van der Waals surface area contributed by atoms with Crippen molar-refractivity contribution in [3.05, 3.63) is 23.8 Å². The zero-order chi connectivity index (χ0) is 18.2. The average molecular weight is 348 g/mol. The highest BCUT2D eigenvalue weighted by atomic mass is 16.5. The molecule has 1 aromatic carbocycles. The molecule has 1 unspecified atom stereocenters. The Labute approximate surface area is 152 Å². The van der Waals surface area contributed by atoms with Gasteiger partial charge >= 0.3 is 0 Å². The molecule has 0 saturated carbocycles. The number of hydrogen-bond acceptors (Lipinski definition) is 3. The third-order valence-electron chi connectivity index (χ3n) is 4.75. The topological polar surface area (TPSA) is 46.1 Å². The van der Waals surface area contributed by atoms with Gasteiger partial charge in [0.1, 0.15) is 0 Å². The molecule has 1 saturated heterocycles. The van der Waals surface area contributed by atoms with Gasteiger partial charge in [-0.1, -0.05) is 19.9 Å². The van der Waals surface area contributed by atoms with Crippen LogP contribution >= 0.6 is 0 Å². The van der Waals surface area contributed by atoms with Crippen LogP contribution in [0.1, 0.15) is 32.3 Å². The zero-order valence-corrected chi connectivity index (χ0v) is 16.3. The van der Waals surface area contributed by atoms with Gasteiger partial charge < -0.3 is 19.7 Å². The summed E-state index contributed by atoms with van der Waals surface area (Å²) in [6.45, 7) is 7.69. The molecule has 0 spiro atoms. The summed E-state index contributed by atoms with van der Waals surface area (Å²) < 4.78 is 10.7. The van der Waals surface area contributed by atoms with Crippen LogP contribution < -0.4 is 14.8 Å². The third kappa shape index (κ3) is 5.55. The van der Waals surface area contributed by atoms with Crippen molar-refractivity contribution in [3.8, 4) is 11.5 Å². The number of guanidine groups is 1. The van der Waals surface area contributed by atoms with Crippen molar-refractivity contribution in [3.63, 3.8) is 0 Å². The van der Waals surface area contributed by atoms with Crippen molar-refractivity contribution in [1.29, 1.82) is 0 Å². The molecule has 0 aliphatic carbocycles. The number of likely N-dealkylation sites (tertiary alicyclic amines) is 1. The molecular formula is C20H33N3O2. The molecule has 1 N–H and O–H groups in total. The third-order valence-corrected chi connectivity index (χ3v) is 4.75. The summed E-state index contributed by atoms with van der Waals surface area (Å²) in [6, 6.07) is 6.08. The van der Waals surface area contributed by atoms with E-state index in [0.29, 0.717) is 0 Å². The van der Waals surface area contributed by atoms with E-state index < -0.39 is 0 Å². The van der Waals surface area contributed by atoms with Crippen molar-refractivity contribution in [2.45, 2.75) is 33.1 Å². The van der Waals surface area contributed by atoms with Gasteiger partial charge in [-0.3, -0.25) is 4.99 Å². The van der Waals surface area contributed by atoms with Gasteiger partial charge in [-0.15, -0.1) is 0 Å². The van der Waals surface area contributed by atoms with Crippen LogP contribution in [0.15, 0.2) is 23.2 Å². The molecule has 140 valence electrons. The summed E-state index contributed by atoms with van der Waals surface area (Å²) in [5, 5.41) is 3.50. The Balaban J connectivity index is 1.84. The summed E-state index contributed by atoms with van der Waals surface area (Å²) in [4.78, 5) is 6.85. The Morgan fingerprint density at radius 3 is 2.68 bits per heavy atom. The standard InChI is InChI=1S/C20H33N3O2/c1-15(2)12-17-9-11-23(14-17)20(21-3)22-10-8-16-6-7-18(24-4)19(13-16)25-5/h6-7,13,15,17H,8-12,14H2,1-5H3,(H,21,22). The first-order valence-electron chi connectivity index (χ1n) is 9.23. The molecule has 5 heteroatoms. The number of rotatable bonds is 7. The number of methoxy groups -OCH3 is 2. The molecule has 0 amide bonds. The fourth-order valence-corrected chi connectivity index (χ4v) is 3.57. The van der Waals surface area contributed by atoms with Crippen molar-refractivity contribution in [1.82, 2.24) is 10.2 Å². The van der Waals surface area contributed by atoms with E-state index in [4.69, 9.17) is 9.47 Å². The first-order valence-corrected chi connectivity index (χ1v) is 9.23. The molecule has 0 radical (unpaired) electrons. The Morgan fingerprint density at radius 1 is 1.28 bits per heavy atom. The summed E-state index contributed by atoms with van der Waals surface area (Å²) in [5.74, 6) is 4.13. The average Bonchev–Trinajstić information content (AvgIpc) is 3.05. The van der Waals surface area contributed by atoms with E-state index in [1.165, 1.54) is 18.4 Å². The minimum atomic E-state index is 0.767. The van der Waals surface area contributed by atoms with Crippen molar-refractivity contribution in [2.75, 3.05) is 40.9 Å². The molecular weight excluding hydrogens is 314 g/mol. The summed E-state index contributed by atoms with van der Waals surface area (Å²) >= 11 is 0. The SMILES string of the molecule is CN=C(NCCc1ccc(OC)c(OC)c1)N1CCC(CC(C)C)C1. The van der Waals surface area contributed by atoms with Crippen LogP contribution in [0.25, 0.3) is 0 Å². The zero-order valence-electron chi connectivity index (χ0n) is 16.3. The van der Waals surface area contributed by atoms with Crippen LogP contribution in [0.5, 0.6) is 11.5 Å². The minimum absolute atomic E-state index is 0.767. The molecule has 0 bridgehead atoms. The Hall–Kier alpha value is -1.91. The van der Waals surface area contributed by atoms with Gasteiger partial charge in [0, 0.05) is 26.7 Å². The van der Waals surface area contributed by atoms with Gasteiger partial charge in [-0.2, -0.15) is 0 Å². The molecule has 1 fully saturated rings. The van der Waals surface area contributed by atoms with Crippen LogP contribution in [-0.2, 0) is 6.42 Å². The molecule has 1 heterocycles. The van der Waals surface area contributed by atoms with Crippen molar-refractivity contribution < 1.29 is 9.47 Å². The van der Waals surface area contributed by atoms with E-state index in [-0.39, 0.29) is 0 Å². The smallest absolute Gasteiger partial charge is 0.193 e. The second-order valence-electron chi connectivity index (χ2n) is 7.14. The summed E-state index contributed by atoms with van der Waals surface area (Å²) in [6.07, 6.45) is 3.50. The summed E-state index contributed by atoms with van der Waals surface area (Å²) in [5.41, 5.74) is 1.22. The van der Waals surface area contributed by atoms with Crippen molar-refractivity contribution >= 4 is 5.96 Å². The maximum Gasteiger partial charge on any atom is 0.193 e. The molecule has 1 aromatic rings. The molecule has 1 atom stereocenters. The van der Waals surface area contributed by atoms with Gasteiger partial charge in [-0.25, -0.2) is 0 Å². The number of benzene rings is 1. The maximum atomic E-state index is 5.37. The lowest BCUT2D eigenvalue weighted by Crippen LogP contribution is -2.40. The van der Waals surface area contributed by atoms with Crippen LogP contribution in [0.4, 0.5) is 0 Å². The van der Waals surface area contributed by atoms with Gasteiger partial charge in [0.25, 0.3) is 0 Å². The Kier molecular flexibility index (Phi) is 7.41. The molecule has 25 heavy (non-hydrogen) atoms. The van der Waals surface area contributed by atoms with E-state index in [1.54, 1.807) is 14.2 Å². The quantitative estimate of drug-likeness (QED) is 0.608. The second kappa shape index (κ2) is 9.54. The van der Waals surface area contributed by atoms with E-state index in [0.717, 1.165) is 55.3 Å². The number of nitrogens with zero attached hydrogens (tertiary/aromatic N) is 2. The number of ether oxygens (including phenoxy) is 2. The summed E-state index contributed by atoms with van der Waals surface area (Å²) in [7, 11) is 5.20. The lowest BCUT2D eigenvalue weighted by molar-refractivity contribution is 0.354. The first-order chi connectivity index (χ1) is 12.1. The monoisotopic (exact) mass is 347 g/mol. The Morgan fingerprint density at radius 2 is 2.04 bits per heavy atom. The highest BCUT2D eigenvalue weighted by Crippen LogP contribution is 2.27. The maximum absolute atomic E-state index is 5.37. The normalized spacial score (nSPS) is 17.9. The van der Waals surface area contributed by atoms with Gasteiger partial charge in [-0.05, 0) is 48.8 Å². The van der Waals surface area contributed by atoms with E-state index in [1.807, 2.05) is 19.2 Å². The fraction of sp³-hybridized carbons (Fsp3) is 0.650. The molecule has 1 aliphatic heterocycles. The minimum Gasteiger partial charge on any atom is -0.493 e. The Bertz CT molecular complexity index is 572. The van der Waals surface area contributed by atoms with Gasteiger partial charge in [0.05, 0.1) is 14.2 Å². The van der Waals surface area contributed by atoms with Crippen LogP contribution in [0.2, 0.25) is 0 Å². The van der Waals surface area contributed by atoms with Gasteiger partial charge in [0.15, 0.2) is 17.5 Å². The first kappa shape index (κ1) is 19.4. The van der Waals surface area contributed by atoms with E-state index in [9.17, 15) is 0 Å². The van der Waals surface area contributed by atoms with Gasteiger partial charge in [0.2, 0.25) is 0 Å². The molecule has 2 rings (SSSR count). The van der Waals surface area contributed by atoms with E-state index in [2.05, 4.69) is 35.1 Å². The number of nitrogens with one attached hydrogen (secondary N) is 1. The molecule has 0 aromatic heterocycles. The predicted octanol–water partition coefficient (Wildman–Crippen LogP) is 3.19. The largest absolute Gasteiger partial charge is 0.493 e.